The maximum Gasteiger partial charge on any atom is 0.234 e. The maximum atomic E-state index is 12.4. The Kier molecular flexibility index (Phi) is 8.28. The molecule has 8 heteroatoms. The van der Waals surface area contributed by atoms with Crippen molar-refractivity contribution < 1.29 is 9.53 Å². The first-order valence-electron chi connectivity index (χ1n) is 10.5. The summed E-state index contributed by atoms with van der Waals surface area (Å²) in [5.74, 6) is 1.91. The molecule has 1 aromatic heterocycles. The fraction of sp³-hybridized carbons (Fsp3) is 0.333. The fourth-order valence-corrected chi connectivity index (χ4v) is 3.81. The molecule has 0 bridgehead atoms. The monoisotopic (exact) mass is 449 g/mol. The smallest absolute Gasteiger partial charge is 0.234 e. The highest BCUT2D eigenvalue weighted by Gasteiger charge is 2.16. The molecule has 166 valence electrons. The SMILES string of the molecule is CCc1ccc(OCc2nnc(SCC(=O)Nc3cccc(C#N)c3)n2CC(C)C)cc1. The molecule has 3 aromatic rings. The van der Waals surface area contributed by atoms with E-state index in [0.29, 0.717) is 28.9 Å². The van der Waals surface area contributed by atoms with Gasteiger partial charge in [-0.15, -0.1) is 10.2 Å². The van der Waals surface area contributed by atoms with Crippen LogP contribution >= 0.6 is 11.8 Å². The first-order valence-corrected chi connectivity index (χ1v) is 11.5. The largest absolute Gasteiger partial charge is 0.486 e. The van der Waals surface area contributed by atoms with Crippen molar-refractivity contribution in [2.45, 2.75) is 45.5 Å². The number of hydrogen-bond donors (Lipinski definition) is 1. The number of ether oxygens (including phenoxy) is 1. The lowest BCUT2D eigenvalue weighted by Crippen LogP contribution is -2.16. The molecule has 0 fully saturated rings. The van der Waals surface area contributed by atoms with Crippen molar-refractivity contribution in [1.29, 1.82) is 5.26 Å². The van der Waals surface area contributed by atoms with E-state index in [1.54, 1.807) is 24.3 Å². The van der Waals surface area contributed by atoms with Crippen LogP contribution in [0, 0.1) is 17.2 Å². The van der Waals surface area contributed by atoms with E-state index in [0.717, 1.165) is 24.5 Å². The molecule has 1 amide bonds. The Labute approximate surface area is 192 Å². The number of thioether (sulfide) groups is 1. The van der Waals surface area contributed by atoms with Gasteiger partial charge in [0.2, 0.25) is 5.91 Å². The molecule has 0 aliphatic rings. The van der Waals surface area contributed by atoms with Gasteiger partial charge < -0.3 is 14.6 Å². The lowest BCUT2D eigenvalue weighted by molar-refractivity contribution is -0.113. The standard InChI is InChI=1S/C24H27N5O2S/c1-4-18-8-10-21(11-9-18)31-15-22-27-28-24(29(22)14-17(2)3)32-16-23(30)26-20-7-5-6-19(12-20)13-25/h5-12,17H,4,14-16H2,1-3H3,(H,26,30). The summed E-state index contributed by atoms with van der Waals surface area (Å²) in [7, 11) is 0. The van der Waals surface area contributed by atoms with Crippen LogP contribution in [-0.2, 0) is 24.4 Å². The second kappa shape index (κ2) is 11.3. The average Bonchev–Trinajstić information content (AvgIpc) is 3.17. The number of nitriles is 1. The number of hydrogen-bond acceptors (Lipinski definition) is 6. The summed E-state index contributed by atoms with van der Waals surface area (Å²) in [5.41, 5.74) is 2.36. The molecule has 1 heterocycles. The molecular formula is C24H27N5O2S. The van der Waals surface area contributed by atoms with Crippen LogP contribution in [0.4, 0.5) is 5.69 Å². The number of aryl methyl sites for hydroxylation is 1. The quantitative estimate of drug-likeness (QED) is 0.452. The maximum absolute atomic E-state index is 12.4. The summed E-state index contributed by atoms with van der Waals surface area (Å²) in [6.45, 7) is 7.40. The Morgan fingerprint density at radius 1 is 1.22 bits per heavy atom. The van der Waals surface area contributed by atoms with Gasteiger partial charge in [0.25, 0.3) is 0 Å². The summed E-state index contributed by atoms with van der Waals surface area (Å²) < 4.78 is 7.93. The van der Waals surface area contributed by atoms with Gasteiger partial charge in [0, 0.05) is 12.2 Å². The molecule has 2 aromatic carbocycles. The Morgan fingerprint density at radius 2 is 2.00 bits per heavy atom. The number of anilines is 1. The molecule has 0 saturated heterocycles. The molecule has 32 heavy (non-hydrogen) atoms. The number of rotatable bonds is 10. The van der Waals surface area contributed by atoms with Gasteiger partial charge in [-0.1, -0.05) is 50.7 Å². The van der Waals surface area contributed by atoms with Crippen molar-refractivity contribution in [3.8, 4) is 11.8 Å². The second-order valence-corrected chi connectivity index (χ2v) is 8.66. The van der Waals surface area contributed by atoms with Crippen molar-refractivity contribution in [1.82, 2.24) is 14.8 Å². The van der Waals surface area contributed by atoms with Crippen LogP contribution in [0.3, 0.4) is 0 Å². The zero-order valence-corrected chi connectivity index (χ0v) is 19.4. The highest BCUT2D eigenvalue weighted by atomic mass is 32.2. The number of carbonyl (C=O) groups is 1. The van der Waals surface area contributed by atoms with Crippen LogP contribution in [0.25, 0.3) is 0 Å². The van der Waals surface area contributed by atoms with Gasteiger partial charge >= 0.3 is 0 Å². The molecule has 7 nitrogen and oxygen atoms in total. The van der Waals surface area contributed by atoms with Crippen molar-refractivity contribution in [2.24, 2.45) is 5.92 Å². The van der Waals surface area contributed by atoms with E-state index in [-0.39, 0.29) is 11.7 Å². The Bertz CT molecular complexity index is 1090. The average molecular weight is 450 g/mol. The van der Waals surface area contributed by atoms with Gasteiger partial charge in [0.1, 0.15) is 12.4 Å². The molecule has 1 N–H and O–H groups in total. The third-order valence-electron chi connectivity index (χ3n) is 4.65. The minimum absolute atomic E-state index is 0.169. The van der Waals surface area contributed by atoms with Crippen LogP contribution in [0.1, 0.15) is 37.7 Å². The van der Waals surface area contributed by atoms with Crippen LogP contribution in [0.15, 0.2) is 53.7 Å². The van der Waals surface area contributed by atoms with Crippen LogP contribution in [0.2, 0.25) is 0 Å². The van der Waals surface area contributed by atoms with Crippen LogP contribution in [0.5, 0.6) is 5.75 Å². The Balaban J connectivity index is 1.63. The van der Waals surface area contributed by atoms with E-state index >= 15 is 0 Å². The molecule has 0 saturated carbocycles. The lowest BCUT2D eigenvalue weighted by atomic mass is 10.2. The molecule has 0 aliphatic carbocycles. The first-order chi connectivity index (χ1) is 15.5. The van der Waals surface area contributed by atoms with E-state index in [1.807, 2.05) is 16.7 Å². The number of aromatic nitrogens is 3. The van der Waals surface area contributed by atoms with Crippen LogP contribution in [-0.4, -0.2) is 26.4 Å². The zero-order valence-electron chi connectivity index (χ0n) is 18.5. The van der Waals surface area contributed by atoms with Crippen molar-refractivity contribution in [3.05, 3.63) is 65.5 Å². The second-order valence-electron chi connectivity index (χ2n) is 7.72. The molecule has 3 rings (SSSR count). The third kappa shape index (κ3) is 6.59. The van der Waals surface area contributed by atoms with Gasteiger partial charge in [0.05, 0.1) is 17.4 Å². The Morgan fingerprint density at radius 3 is 2.69 bits per heavy atom. The summed E-state index contributed by atoms with van der Waals surface area (Å²) in [6, 6.07) is 16.9. The minimum atomic E-state index is -0.169. The van der Waals surface area contributed by atoms with Gasteiger partial charge in [-0.25, -0.2) is 0 Å². The van der Waals surface area contributed by atoms with E-state index < -0.39 is 0 Å². The molecule has 0 aliphatic heterocycles. The van der Waals surface area contributed by atoms with Crippen molar-refractivity contribution in [2.75, 3.05) is 11.1 Å². The van der Waals surface area contributed by atoms with Gasteiger partial charge in [-0.05, 0) is 48.2 Å². The highest BCUT2D eigenvalue weighted by Crippen LogP contribution is 2.21. The normalized spacial score (nSPS) is 10.7. The number of benzene rings is 2. The third-order valence-corrected chi connectivity index (χ3v) is 5.62. The summed E-state index contributed by atoms with van der Waals surface area (Å²) in [5, 5.41) is 21.1. The summed E-state index contributed by atoms with van der Waals surface area (Å²) >= 11 is 1.33. The number of nitrogens with zero attached hydrogens (tertiary/aromatic N) is 4. The van der Waals surface area contributed by atoms with E-state index in [1.165, 1.54) is 17.3 Å². The predicted octanol–water partition coefficient (Wildman–Crippen LogP) is 4.68. The van der Waals surface area contributed by atoms with Crippen molar-refractivity contribution >= 4 is 23.4 Å². The molecule has 0 spiro atoms. The molecule has 0 unspecified atom stereocenters. The van der Waals surface area contributed by atoms with E-state index in [2.05, 4.69) is 54.5 Å². The molecule has 0 atom stereocenters. The zero-order chi connectivity index (χ0) is 22.9. The summed E-state index contributed by atoms with van der Waals surface area (Å²) in [4.78, 5) is 12.4. The van der Waals surface area contributed by atoms with E-state index in [9.17, 15) is 4.79 Å². The number of amides is 1. The van der Waals surface area contributed by atoms with Gasteiger partial charge in [-0.3, -0.25) is 4.79 Å². The molecular weight excluding hydrogens is 422 g/mol. The highest BCUT2D eigenvalue weighted by molar-refractivity contribution is 7.99. The molecule has 0 radical (unpaired) electrons. The van der Waals surface area contributed by atoms with E-state index in [4.69, 9.17) is 10.00 Å². The number of nitrogens with one attached hydrogen (secondary N) is 1. The Hall–Kier alpha value is -3.31. The predicted molar refractivity (Wildman–Crippen MR) is 126 cm³/mol. The van der Waals surface area contributed by atoms with Crippen molar-refractivity contribution in [3.63, 3.8) is 0 Å². The summed E-state index contributed by atoms with van der Waals surface area (Å²) in [6.07, 6.45) is 0.987. The first kappa shape index (κ1) is 23.4. The minimum Gasteiger partial charge on any atom is -0.486 e. The lowest BCUT2D eigenvalue weighted by Gasteiger charge is -2.13. The fourth-order valence-electron chi connectivity index (χ4n) is 3.04. The van der Waals surface area contributed by atoms with Gasteiger partial charge in [0.15, 0.2) is 11.0 Å². The number of carbonyl (C=O) groups excluding carboxylic acids is 1. The van der Waals surface area contributed by atoms with Crippen LogP contribution < -0.4 is 10.1 Å². The van der Waals surface area contributed by atoms with Gasteiger partial charge in [-0.2, -0.15) is 5.26 Å². The topological polar surface area (TPSA) is 92.8 Å².